The van der Waals surface area contributed by atoms with Crippen molar-refractivity contribution in [1.29, 1.82) is 0 Å². The molecule has 0 fully saturated rings. The van der Waals surface area contributed by atoms with E-state index in [1.807, 2.05) is 92.8 Å². The number of likely N-dealkylation sites (N-methyl/N-ethyl adjacent to an activating group) is 1. The number of nitrogens with one attached hydrogen (secondary N) is 3. The summed E-state index contributed by atoms with van der Waals surface area (Å²) in [7, 11) is 1.87. The topological polar surface area (TPSA) is 62.6 Å². The van der Waals surface area contributed by atoms with Crippen molar-refractivity contribution < 1.29 is 14.5 Å². The van der Waals surface area contributed by atoms with Crippen LogP contribution in [0.3, 0.4) is 0 Å². The van der Waals surface area contributed by atoms with Gasteiger partial charge in [-0.15, -0.1) is 0 Å². The largest absolute Gasteiger partial charge is 0.321 e. The van der Waals surface area contributed by atoms with E-state index in [4.69, 9.17) is 0 Å². The average Bonchev–Trinajstić information content (AvgIpc) is 2.76. The van der Waals surface area contributed by atoms with Crippen molar-refractivity contribution in [2.45, 2.75) is 26.3 Å². The van der Waals surface area contributed by atoms with Gasteiger partial charge in [0, 0.05) is 16.9 Å². The molecule has 0 saturated carbocycles. The molecule has 160 valence electrons. The van der Waals surface area contributed by atoms with Crippen LogP contribution in [0.2, 0.25) is 0 Å². The van der Waals surface area contributed by atoms with Crippen LogP contribution in [-0.2, 0) is 16.0 Å². The van der Waals surface area contributed by atoms with Crippen molar-refractivity contribution >= 4 is 23.2 Å². The zero-order chi connectivity index (χ0) is 22.2. The van der Waals surface area contributed by atoms with Gasteiger partial charge in [-0.2, -0.15) is 0 Å². The van der Waals surface area contributed by atoms with E-state index in [1.165, 1.54) is 0 Å². The predicted octanol–water partition coefficient (Wildman–Crippen LogP) is 3.39. The van der Waals surface area contributed by atoms with Crippen LogP contribution >= 0.6 is 0 Å². The molecular weight excluding hydrogens is 386 g/mol. The maximum Gasteiger partial charge on any atom is 0.287 e. The third-order valence-corrected chi connectivity index (χ3v) is 5.32. The van der Waals surface area contributed by atoms with Crippen LogP contribution in [0.1, 0.15) is 29.7 Å². The van der Waals surface area contributed by atoms with Gasteiger partial charge >= 0.3 is 0 Å². The molecule has 0 aliphatic carbocycles. The molecule has 3 N–H and O–H groups in total. The minimum atomic E-state index is -0.519. The molecule has 5 nitrogen and oxygen atoms in total. The molecule has 3 aromatic carbocycles. The number of carbonyl (C=O) groups excluding carboxylic acids is 2. The number of amides is 2. The van der Waals surface area contributed by atoms with E-state index in [-0.39, 0.29) is 18.4 Å². The van der Waals surface area contributed by atoms with Gasteiger partial charge in [-0.1, -0.05) is 73.2 Å². The minimum absolute atomic E-state index is 0.123. The highest BCUT2D eigenvalue weighted by Gasteiger charge is 2.30. The van der Waals surface area contributed by atoms with Crippen LogP contribution in [0.25, 0.3) is 0 Å². The molecule has 3 aromatic rings. The van der Waals surface area contributed by atoms with Gasteiger partial charge in [0.1, 0.15) is 0 Å². The highest BCUT2D eigenvalue weighted by molar-refractivity contribution is 5.95. The lowest BCUT2D eigenvalue weighted by molar-refractivity contribution is -0.893. The maximum absolute atomic E-state index is 13.2. The zero-order valence-corrected chi connectivity index (χ0v) is 18.3. The van der Waals surface area contributed by atoms with Crippen LogP contribution < -0.4 is 15.5 Å². The zero-order valence-electron chi connectivity index (χ0n) is 18.3. The summed E-state index contributed by atoms with van der Waals surface area (Å²) in [5.41, 5.74) is 4.65. The first-order chi connectivity index (χ1) is 15.0. The van der Waals surface area contributed by atoms with Gasteiger partial charge in [0.25, 0.3) is 11.8 Å². The van der Waals surface area contributed by atoms with E-state index >= 15 is 0 Å². The molecule has 0 spiro atoms. The van der Waals surface area contributed by atoms with Crippen LogP contribution in [0.5, 0.6) is 0 Å². The van der Waals surface area contributed by atoms with Gasteiger partial charge in [-0.05, 0) is 37.1 Å². The lowest BCUT2D eigenvalue weighted by Gasteiger charge is -2.24. The number of hydrogen-bond acceptors (Lipinski definition) is 2. The van der Waals surface area contributed by atoms with Crippen molar-refractivity contribution in [2.24, 2.45) is 0 Å². The molecule has 3 rings (SSSR count). The third kappa shape index (κ3) is 6.03. The van der Waals surface area contributed by atoms with Crippen LogP contribution in [-0.4, -0.2) is 25.4 Å². The molecule has 0 radical (unpaired) electrons. The summed E-state index contributed by atoms with van der Waals surface area (Å²) in [5.74, 6) is -0.267. The van der Waals surface area contributed by atoms with Crippen LogP contribution in [0.4, 0.5) is 11.4 Å². The first-order valence-corrected chi connectivity index (χ1v) is 10.6. The SMILES string of the molecule is CCc1ccccc1NC(=O)C[NH+](C)[C@@H](C(=O)Nc1ccc(C)cc1)c1ccccc1. The number of carbonyl (C=O) groups is 2. The molecule has 0 saturated heterocycles. The van der Waals surface area contributed by atoms with Gasteiger partial charge in [-0.3, -0.25) is 9.59 Å². The predicted molar refractivity (Wildman–Crippen MR) is 125 cm³/mol. The summed E-state index contributed by atoms with van der Waals surface area (Å²) in [5, 5.41) is 6.00. The smallest absolute Gasteiger partial charge is 0.287 e. The second-order valence-electron chi connectivity index (χ2n) is 7.78. The molecule has 2 atom stereocenters. The Labute approximate surface area is 184 Å². The first-order valence-electron chi connectivity index (χ1n) is 10.6. The quantitative estimate of drug-likeness (QED) is 0.527. The van der Waals surface area contributed by atoms with E-state index < -0.39 is 6.04 Å². The fourth-order valence-electron chi connectivity index (χ4n) is 3.66. The summed E-state index contributed by atoms with van der Waals surface area (Å²) in [6.45, 7) is 4.23. The van der Waals surface area contributed by atoms with Crippen molar-refractivity contribution in [3.8, 4) is 0 Å². The van der Waals surface area contributed by atoms with Gasteiger partial charge in [0.2, 0.25) is 0 Å². The number of para-hydroxylation sites is 1. The summed E-state index contributed by atoms with van der Waals surface area (Å²) in [4.78, 5) is 26.8. The maximum atomic E-state index is 13.2. The van der Waals surface area contributed by atoms with Crippen molar-refractivity contribution in [1.82, 2.24) is 0 Å². The Bertz CT molecular complexity index is 1020. The Morgan fingerprint density at radius 3 is 2.19 bits per heavy atom. The highest BCUT2D eigenvalue weighted by atomic mass is 16.2. The molecule has 1 unspecified atom stereocenters. The highest BCUT2D eigenvalue weighted by Crippen LogP contribution is 2.16. The number of benzene rings is 3. The summed E-state index contributed by atoms with van der Waals surface area (Å²) in [6, 6.07) is 24.6. The van der Waals surface area contributed by atoms with Gasteiger partial charge in [0.05, 0.1) is 7.05 Å². The van der Waals surface area contributed by atoms with E-state index in [1.54, 1.807) is 0 Å². The van der Waals surface area contributed by atoms with Crippen molar-refractivity contribution in [2.75, 3.05) is 24.2 Å². The molecule has 0 heterocycles. The van der Waals surface area contributed by atoms with Crippen LogP contribution in [0.15, 0.2) is 78.9 Å². The van der Waals surface area contributed by atoms with E-state index in [0.29, 0.717) is 0 Å². The number of rotatable bonds is 8. The second-order valence-corrected chi connectivity index (χ2v) is 7.78. The molecule has 2 amide bonds. The Hall–Kier alpha value is -3.44. The Morgan fingerprint density at radius 2 is 1.52 bits per heavy atom. The molecule has 0 bridgehead atoms. The molecule has 31 heavy (non-hydrogen) atoms. The van der Waals surface area contributed by atoms with E-state index in [9.17, 15) is 9.59 Å². The average molecular weight is 417 g/mol. The van der Waals surface area contributed by atoms with Crippen LogP contribution in [0, 0.1) is 6.92 Å². The van der Waals surface area contributed by atoms with E-state index in [0.717, 1.165) is 39.4 Å². The number of hydrogen-bond donors (Lipinski definition) is 3. The Balaban J connectivity index is 1.76. The fourth-order valence-corrected chi connectivity index (χ4v) is 3.66. The van der Waals surface area contributed by atoms with E-state index in [2.05, 4.69) is 17.6 Å². The van der Waals surface area contributed by atoms with Crippen molar-refractivity contribution in [3.05, 3.63) is 95.6 Å². The van der Waals surface area contributed by atoms with Gasteiger partial charge in [0.15, 0.2) is 12.6 Å². The summed E-state index contributed by atoms with van der Waals surface area (Å²) in [6.07, 6.45) is 0.838. The monoisotopic (exact) mass is 416 g/mol. The number of aryl methyl sites for hydroxylation is 2. The lowest BCUT2D eigenvalue weighted by Crippen LogP contribution is -3.11. The van der Waals surface area contributed by atoms with Crippen molar-refractivity contribution in [3.63, 3.8) is 0 Å². The standard InChI is InChI=1S/C26H29N3O2/c1-4-20-10-8-9-13-23(20)28-24(30)18-29(3)25(21-11-6-5-7-12-21)26(31)27-22-16-14-19(2)15-17-22/h5-17,25H,4,18H2,1-3H3,(H,27,31)(H,28,30)/p+1/t25-/m1/s1. The first kappa shape index (κ1) is 22.2. The van der Waals surface area contributed by atoms with Gasteiger partial charge < -0.3 is 15.5 Å². The minimum Gasteiger partial charge on any atom is -0.321 e. The fraction of sp³-hybridized carbons (Fsp3) is 0.231. The molecule has 5 heteroatoms. The van der Waals surface area contributed by atoms with Gasteiger partial charge in [-0.25, -0.2) is 0 Å². The normalized spacial score (nSPS) is 12.6. The summed E-state index contributed by atoms with van der Waals surface area (Å²) >= 11 is 0. The third-order valence-electron chi connectivity index (χ3n) is 5.32. The second kappa shape index (κ2) is 10.5. The molecular formula is C26H30N3O2+. The Kier molecular flexibility index (Phi) is 7.57. The summed E-state index contributed by atoms with van der Waals surface area (Å²) < 4.78 is 0. The molecule has 0 aromatic heterocycles. The number of quaternary nitrogens is 1. The molecule has 0 aliphatic heterocycles. The lowest BCUT2D eigenvalue weighted by atomic mass is 10.0. The molecule has 0 aliphatic rings. The number of anilines is 2. The Morgan fingerprint density at radius 1 is 0.871 bits per heavy atom.